The largest absolute Gasteiger partial charge is 0.309 e. The molecule has 0 fully saturated rings. The van der Waals surface area contributed by atoms with Gasteiger partial charge in [0.15, 0.2) is 29.1 Å². The molecule has 6 aromatic heterocycles. The summed E-state index contributed by atoms with van der Waals surface area (Å²) >= 11 is 0. The van der Waals surface area contributed by atoms with Crippen molar-refractivity contribution < 1.29 is 0 Å². The second-order valence-electron chi connectivity index (χ2n) is 34.6. The van der Waals surface area contributed by atoms with E-state index in [9.17, 15) is 0 Å². The Bertz CT molecular complexity index is 7610. The summed E-state index contributed by atoms with van der Waals surface area (Å²) in [5, 5.41) is 7.31. The summed E-state index contributed by atoms with van der Waals surface area (Å²) in [5.41, 5.74) is 32.4. The van der Waals surface area contributed by atoms with E-state index in [2.05, 4.69) is 316 Å². The summed E-state index contributed by atoms with van der Waals surface area (Å²) < 4.78 is 6.86. The van der Waals surface area contributed by atoms with E-state index in [4.69, 9.17) is 39.9 Å². The molecule has 598 valence electrons. The molecular weight excluding hydrogens is 1540 g/mol. The summed E-state index contributed by atoms with van der Waals surface area (Å²) in [6.07, 6.45) is 0. The van der Waals surface area contributed by atoms with Gasteiger partial charge in [0.05, 0.1) is 44.5 Å². The van der Waals surface area contributed by atoms with E-state index in [0.29, 0.717) is 41.0 Å². The van der Waals surface area contributed by atoms with Crippen LogP contribution in [-0.2, 0) is 16.2 Å². The molecule has 0 saturated carbocycles. The van der Waals surface area contributed by atoms with Crippen LogP contribution < -0.4 is 0 Å². The van der Waals surface area contributed by atoms with Crippen molar-refractivity contribution in [1.29, 1.82) is 0 Å². The Morgan fingerprint density at radius 1 is 0.175 bits per heavy atom. The van der Waals surface area contributed by atoms with Crippen molar-refractivity contribution >= 4 is 65.4 Å². The monoisotopic (exact) mass is 1620 g/mol. The molecular formula is C115H83N11. The number of aromatic nitrogens is 11. The first-order valence-electron chi connectivity index (χ1n) is 43.1. The molecule has 0 radical (unpaired) electrons. The molecule has 0 aliphatic heterocycles. The van der Waals surface area contributed by atoms with Crippen molar-refractivity contribution in [2.75, 3.05) is 0 Å². The van der Waals surface area contributed by atoms with Gasteiger partial charge in [-0.05, 0) is 140 Å². The fourth-order valence-electron chi connectivity index (χ4n) is 19.9. The predicted molar refractivity (Wildman–Crippen MR) is 515 cm³/mol. The Hall–Kier alpha value is -16.0. The highest BCUT2D eigenvalue weighted by Gasteiger charge is 2.40. The van der Waals surface area contributed by atoms with Gasteiger partial charge in [0, 0.05) is 93.2 Å². The number of para-hydroxylation sites is 3. The quantitative estimate of drug-likeness (QED) is 0.133. The average Bonchev–Trinajstić information content (AvgIpc) is 1.56. The van der Waals surface area contributed by atoms with E-state index in [1.54, 1.807) is 0 Å². The van der Waals surface area contributed by atoms with Gasteiger partial charge in [0.2, 0.25) is 11.9 Å². The van der Waals surface area contributed by atoms with Crippen LogP contribution in [-0.4, -0.2) is 53.6 Å². The van der Waals surface area contributed by atoms with E-state index in [-0.39, 0.29) is 16.2 Å². The van der Waals surface area contributed by atoms with E-state index < -0.39 is 0 Å². The second-order valence-corrected chi connectivity index (χ2v) is 34.6. The first kappa shape index (κ1) is 75.0. The van der Waals surface area contributed by atoms with Gasteiger partial charge in [-0.2, -0.15) is 9.97 Å². The third kappa shape index (κ3) is 12.4. The number of benzene rings is 16. The minimum absolute atomic E-state index is 0.0875. The number of fused-ring (bicyclic) bond motifs is 18. The zero-order valence-electron chi connectivity index (χ0n) is 70.4. The predicted octanol–water partition coefficient (Wildman–Crippen LogP) is 28.1. The first-order valence-corrected chi connectivity index (χ1v) is 43.1. The van der Waals surface area contributed by atoms with Gasteiger partial charge in [0.25, 0.3) is 0 Å². The molecule has 0 bridgehead atoms. The van der Waals surface area contributed by atoms with E-state index in [1.807, 2.05) is 133 Å². The molecule has 11 nitrogen and oxygen atoms in total. The van der Waals surface area contributed by atoms with Crippen LogP contribution in [0.5, 0.6) is 0 Å². The Kier molecular flexibility index (Phi) is 17.7. The highest BCUT2D eigenvalue weighted by molar-refractivity contribution is 6.14. The Balaban J connectivity index is 0.000000109. The van der Waals surface area contributed by atoms with Gasteiger partial charge in [-0.25, -0.2) is 29.9 Å². The van der Waals surface area contributed by atoms with Crippen LogP contribution in [0.3, 0.4) is 0 Å². The molecule has 3 aliphatic rings. The normalized spacial score (nSPS) is 13.3. The second kappa shape index (κ2) is 29.7. The molecule has 0 spiro atoms. The molecule has 22 aromatic rings. The highest BCUT2D eigenvalue weighted by Crippen LogP contribution is 2.55. The number of nitrogens with zero attached hydrogens (tertiary/aromatic N) is 11. The maximum absolute atomic E-state index is 5.19. The summed E-state index contributed by atoms with van der Waals surface area (Å²) in [6, 6.07) is 139. The molecule has 0 N–H and O–H groups in total. The number of hydrogen-bond acceptors (Lipinski definition) is 8. The summed E-state index contributed by atoms with van der Waals surface area (Å²) in [4.78, 5) is 40.4. The van der Waals surface area contributed by atoms with Gasteiger partial charge in [0.1, 0.15) is 0 Å². The molecule has 25 rings (SSSR count). The standard InChI is InChI=1S/C42H30N4.C37H27N3.C36H26N4/c1-42(2)35-22-11-9-20-31(35)33-25-34-32-21-10-12-23-37(32)46(38(34)26-36(33)42)30-19-13-18-29(24-30)41-44-39(27-14-5-3-6-15-27)43-40(45-41)28-16-7-4-8-17-28;1-37(2)30-19-11-9-17-26(30)28-21-29-27-18-10-12-20-34(27)40(35(29)22-31(28)37)36-38-32(24-13-5-3-6-14-24)23-33(39-36)25-15-7-4-8-16-25;1-36(2)29-19-11-9-17-25(29)27-21-28-26-18-10-12-20-31(26)40(32(28)22-30(27)36)35-38-33(23-13-5-3-6-14-23)37-34(39-35)24-15-7-4-8-16-24/h3-26H,1-2H3;3-23H,1-2H3;3-22H,1-2H3. The van der Waals surface area contributed by atoms with Crippen LogP contribution in [0, 0.1) is 0 Å². The smallest absolute Gasteiger partial charge is 0.238 e. The van der Waals surface area contributed by atoms with Crippen molar-refractivity contribution in [2.24, 2.45) is 0 Å². The maximum atomic E-state index is 5.19. The molecule has 11 heteroatoms. The lowest BCUT2D eigenvalue weighted by Gasteiger charge is -2.21. The number of rotatable bonds is 10. The highest BCUT2D eigenvalue weighted by atomic mass is 15.2. The first-order chi connectivity index (χ1) is 61.7. The van der Waals surface area contributed by atoms with E-state index in [0.717, 1.165) is 78.1 Å². The average molecular weight is 1620 g/mol. The van der Waals surface area contributed by atoms with Crippen LogP contribution in [0.2, 0.25) is 0 Å². The van der Waals surface area contributed by atoms with Crippen LogP contribution in [0.4, 0.5) is 0 Å². The van der Waals surface area contributed by atoms with Crippen molar-refractivity contribution in [3.63, 3.8) is 0 Å². The molecule has 0 atom stereocenters. The van der Waals surface area contributed by atoms with Gasteiger partial charge in [-0.1, -0.05) is 363 Å². The topological polar surface area (TPSA) is 118 Å². The Morgan fingerprint density at radius 3 is 0.802 bits per heavy atom. The molecule has 0 unspecified atom stereocenters. The molecule has 126 heavy (non-hydrogen) atoms. The lowest BCUT2D eigenvalue weighted by atomic mass is 9.82. The lowest BCUT2D eigenvalue weighted by molar-refractivity contribution is 0.660. The SMILES string of the molecule is CC1(C)c2ccccc2-c2cc3c4ccccc4n(-c4cccc(-c5nc(-c6ccccc6)nc(-c6ccccc6)n5)c4)c3cc21.CC1(C)c2ccccc2-c2cc3c4ccccc4n(-c4nc(-c5ccccc5)cc(-c5ccccc5)n4)c3cc21.CC1(C)c2ccccc2-c2cc3c4ccccc4n(-c4nc(-c5ccccc5)nc(-c5ccccc5)n4)c3cc21. The Morgan fingerprint density at radius 2 is 0.444 bits per heavy atom. The summed E-state index contributed by atoms with van der Waals surface area (Å²) in [5.74, 6) is 4.57. The lowest BCUT2D eigenvalue weighted by Crippen LogP contribution is -2.15. The molecule has 3 aliphatic carbocycles. The van der Waals surface area contributed by atoms with Crippen LogP contribution in [0.25, 0.3) is 196 Å². The molecule has 16 aromatic carbocycles. The Labute approximate surface area is 730 Å². The molecule has 0 saturated heterocycles. The van der Waals surface area contributed by atoms with Crippen molar-refractivity contribution in [3.05, 3.63) is 428 Å². The van der Waals surface area contributed by atoms with Crippen molar-refractivity contribution in [2.45, 2.75) is 57.8 Å². The third-order valence-electron chi connectivity index (χ3n) is 26.1. The maximum Gasteiger partial charge on any atom is 0.238 e. The summed E-state index contributed by atoms with van der Waals surface area (Å²) in [6.45, 7) is 14.0. The number of hydrogen-bond donors (Lipinski definition) is 0. The third-order valence-corrected chi connectivity index (χ3v) is 26.1. The summed E-state index contributed by atoms with van der Waals surface area (Å²) in [7, 11) is 0. The molecule has 0 amide bonds. The van der Waals surface area contributed by atoms with Crippen molar-refractivity contribution in [3.8, 4) is 130 Å². The zero-order valence-corrected chi connectivity index (χ0v) is 70.4. The fourth-order valence-corrected chi connectivity index (χ4v) is 19.9. The fraction of sp³-hybridized carbons (Fsp3) is 0.0783. The van der Waals surface area contributed by atoms with Gasteiger partial charge >= 0.3 is 0 Å². The van der Waals surface area contributed by atoms with Crippen LogP contribution in [0.1, 0.15) is 74.9 Å². The van der Waals surface area contributed by atoms with E-state index in [1.165, 1.54) is 110 Å². The minimum Gasteiger partial charge on any atom is -0.309 e. The van der Waals surface area contributed by atoms with Crippen LogP contribution in [0.15, 0.2) is 394 Å². The van der Waals surface area contributed by atoms with Gasteiger partial charge in [-0.15, -0.1) is 0 Å². The van der Waals surface area contributed by atoms with E-state index >= 15 is 0 Å². The minimum atomic E-state index is -0.106. The van der Waals surface area contributed by atoms with Gasteiger partial charge < -0.3 is 4.57 Å². The molecule has 6 heterocycles. The van der Waals surface area contributed by atoms with Crippen LogP contribution >= 0.6 is 0 Å². The van der Waals surface area contributed by atoms with Crippen molar-refractivity contribution in [1.82, 2.24) is 53.6 Å². The zero-order chi connectivity index (χ0) is 84.5. The van der Waals surface area contributed by atoms with Gasteiger partial charge in [-0.3, -0.25) is 9.13 Å².